The Balaban J connectivity index is 1.65. The molecule has 2 heterocycles. The molecule has 2 aromatic rings. The Labute approximate surface area is 158 Å². The summed E-state index contributed by atoms with van der Waals surface area (Å²) >= 11 is 2.03. The maximum absolute atomic E-state index is 14.5. The van der Waals surface area contributed by atoms with Gasteiger partial charge in [-0.25, -0.2) is 9.37 Å². The van der Waals surface area contributed by atoms with Crippen molar-refractivity contribution in [3.8, 4) is 5.69 Å². The number of hydrogen-bond acceptors (Lipinski definition) is 3. The lowest BCUT2D eigenvalue weighted by molar-refractivity contribution is 0.408. The molecule has 0 saturated carbocycles. The fourth-order valence-corrected chi connectivity index (χ4v) is 4.34. The summed E-state index contributed by atoms with van der Waals surface area (Å²) in [6, 6.07) is 5.32. The normalized spacial score (nSPS) is 18.2. The molecule has 1 aliphatic rings. The van der Waals surface area contributed by atoms with Gasteiger partial charge in [0.1, 0.15) is 11.6 Å². The summed E-state index contributed by atoms with van der Waals surface area (Å²) < 4.78 is 16.3. The third-order valence-corrected chi connectivity index (χ3v) is 6.03. The summed E-state index contributed by atoms with van der Waals surface area (Å²) in [5.74, 6) is 2.52. The van der Waals surface area contributed by atoms with Gasteiger partial charge in [-0.05, 0) is 31.0 Å². The van der Waals surface area contributed by atoms with E-state index in [0.29, 0.717) is 17.5 Å². The highest BCUT2D eigenvalue weighted by atomic mass is 32.2. The van der Waals surface area contributed by atoms with E-state index in [0.717, 1.165) is 36.2 Å². The first kappa shape index (κ1) is 18.8. The molecular formula is C19H26FN5S. The number of imidazole rings is 1. The van der Waals surface area contributed by atoms with Gasteiger partial charge in [0.15, 0.2) is 5.96 Å². The minimum absolute atomic E-state index is 0.249. The van der Waals surface area contributed by atoms with Crippen LogP contribution in [0.2, 0.25) is 0 Å². The van der Waals surface area contributed by atoms with Crippen LogP contribution < -0.4 is 5.32 Å². The van der Waals surface area contributed by atoms with E-state index in [1.807, 2.05) is 24.8 Å². The van der Waals surface area contributed by atoms with Crippen molar-refractivity contribution in [2.75, 3.05) is 25.9 Å². The van der Waals surface area contributed by atoms with Gasteiger partial charge in [-0.2, -0.15) is 11.8 Å². The molecule has 0 aliphatic carbocycles. The highest BCUT2D eigenvalue weighted by Crippen LogP contribution is 2.21. The van der Waals surface area contributed by atoms with Crippen molar-refractivity contribution in [1.29, 1.82) is 0 Å². The molecule has 1 fully saturated rings. The SMILES string of the molecule is CCC1CN(C(=NC)NCc2ccc(-n3ccnc3C)c(F)c2)CCS1. The Morgan fingerprint density at radius 3 is 2.96 bits per heavy atom. The molecule has 1 aliphatic heterocycles. The van der Waals surface area contributed by atoms with Gasteiger partial charge < -0.3 is 14.8 Å². The quantitative estimate of drug-likeness (QED) is 0.658. The second kappa shape index (κ2) is 8.58. The summed E-state index contributed by atoms with van der Waals surface area (Å²) in [4.78, 5) is 10.9. The zero-order valence-corrected chi connectivity index (χ0v) is 16.4. The minimum atomic E-state index is -0.249. The molecule has 1 atom stereocenters. The van der Waals surface area contributed by atoms with Crippen LogP contribution in [0.3, 0.4) is 0 Å². The molecule has 0 bridgehead atoms. The van der Waals surface area contributed by atoms with Crippen molar-refractivity contribution in [3.05, 3.63) is 47.8 Å². The number of nitrogens with zero attached hydrogens (tertiary/aromatic N) is 4. The second-order valence-electron chi connectivity index (χ2n) is 6.38. The fourth-order valence-electron chi connectivity index (χ4n) is 3.16. The van der Waals surface area contributed by atoms with Crippen molar-refractivity contribution >= 4 is 17.7 Å². The summed E-state index contributed by atoms with van der Waals surface area (Å²) in [7, 11) is 1.80. The molecule has 3 rings (SSSR count). The molecule has 1 N–H and O–H groups in total. The number of aliphatic imine (C=N–C) groups is 1. The Morgan fingerprint density at radius 1 is 1.46 bits per heavy atom. The van der Waals surface area contributed by atoms with E-state index in [1.54, 1.807) is 36.1 Å². The van der Waals surface area contributed by atoms with Gasteiger partial charge >= 0.3 is 0 Å². The maximum atomic E-state index is 14.5. The number of halogens is 1. The maximum Gasteiger partial charge on any atom is 0.193 e. The Morgan fingerprint density at radius 2 is 2.31 bits per heavy atom. The van der Waals surface area contributed by atoms with Gasteiger partial charge in [0, 0.05) is 50.1 Å². The molecule has 26 heavy (non-hydrogen) atoms. The molecule has 1 saturated heterocycles. The van der Waals surface area contributed by atoms with Gasteiger partial charge in [0.05, 0.1) is 5.69 Å². The molecular weight excluding hydrogens is 349 g/mol. The van der Waals surface area contributed by atoms with Crippen LogP contribution >= 0.6 is 11.8 Å². The van der Waals surface area contributed by atoms with Gasteiger partial charge in [-0.15, -0.1) is 0 Å². The van der Waals surface area contributed by atoms with E-state index in [1.165, 1.54) is 6.42 Å². The molecule has 0 amide bonds. The smallest absolute Gasteiger partial charge is 0.193 e. The summed E-state index contributed by atoms with van der Waals surface area (Å²) in [6.07, 6.45) is 4.61. The van der Waals surface area contributed by atoms with Crippen LogP contribution in [0.1, 0.15) is 24.7 Å². The van der Waals surface area contributed by atoms with E-state index in [-0.39, 0.29) is 5.82 Å². The highest BCUT2D eigenvalue weighted by molar-refractivity contribution is 8.00. The fraction of sp³-hybridized carbons (Fsp3) is 0.474. The molecule has 1 unspecified atom stereocenters. The van der Waals surface area contributed by atoms with Gasteiger partial charge in [-0.3, -0.25) is 4.99 Å². The average Bonchev–Trinajstić information content (AvgIpc) is 3.08. The van der Waals surface area contributed by atoms with Crippen molar-refractivity contribution in [2.24, 2.45) is 4.99 Å². The Bertz CT molecular complexity index is 773. The minimum Gasteiger partial charge on any atom is -0.352 e. The summed E-state index contributed by atoms with van der Waals surface area (Å²) in [5, 5.41) is 4.02. The molecule has 0 spiro atoms. The third kappa shape index (κ3) is 4.20. The van der Waals surface area contributed by atoms with E-state index in [4.69, 9.17) is 0 Å². The largest absolute Gasteiger partial charge is 0.352 e. The number of nitrogens with one attached hydrogen (secondary N) is 1. The lowest BCUT2D eigenvalue weighted by Gasteiger charge is -2.34. The van der Waals surface area contributed by atoms with Crippen molar-refractivity contribution in [3.63, 3.8) is 0 Å². The lowest BCUT2D eigenvalue weighted by Crippen LogP contribution is -2.47. The number of thioether (sulfide) groups is 1. The lowest BCUT2D eigenvalue weighted by atomic mass is 10.2. The number of guanidine groups is 1. The number of rotatable bonds is 4. The number of aromatic nitrogens is 2. The molecule has 0 radical (unpaired) electrons. The summed E-state index contributed by atoms with van der Waals surface area (Å²) in [5.41, 5.74) is 1.41. The standard InChI is InChI=1S/C19H26FN5S/c1-4-16-13-24(9-10-26-16)19(21-3)23-12-15-5-6-18(17(20)11-15)25-8-7-22-14(25)2/h5-8,11,16H,4,9-10,12-13H2,1-3H3,(H,21,23). The van der Waals surface area contributed by atoms with Crippen LogP contribution in [0.4, 0.5) is 4.39 Å². The molecule has 140 valence electrons. The first-order valence-electron chi connectivity index (χ1n) is 8.98. The Hall–Kier alpha value is -2.02. The van der Waals surface area contributed by atoms with E-state index in [9.17, 15) is 4.39 Å². The molecule has 1 aromatic heterocycles. The third-order valence-electron chi connectivity index (χ3n) is 4.65. The molecule has 1 aromatic carbocycles. The molecule has 5 nitrogen and oxygen atoms in total. The highest BCUT2D eigenvalue weighted by Gasteiger charge is 2.21. The predicted octanol–water partition coefficient (Wildman–Crippen LogP) is 3.22. The predicted molar refractivity (Wildman–Crippen MR) is 107 cm³/mol. The average molecular weight is 376 g/mol. The van der Waals surface area contributed by atoms with E-state index >= 15 is 0 Å². The zero-order chi connectivity index (χ0) is 18.5. The first-order chi connectivity index (χ1) is 12.6. The first-order valence-corrected chi connectivity index (χ1v) is 10.0. The van der Waals surface area contributed by atoms with E-state index in [2.05, 4.69) is 27.1 Å². The monoisotopic (exact) mass is 375 g/mol. The number of hydrogen-bond donors (Lipinski definition) is 1. The van der Waals surface area contributed by atoms with Gasteiger partial charge in [0.25, 0.3) is 0 Å². The van der Waals surface area contributed by atoms with Crippen LogP contribution in [-0.2, 0) is 6.54 Å². The van der Waals surface area contributed by atoms with Gasteiger partial charge in [0.2, 0.25) is 0 Å². The van der Waals surface area contributed by atoms with Crippen LogP contribution in [0.5, 0.6) is 0 Å². The van der Waals surface area contributed by atoms with Crippen molar-refractivity contribution < 1.29 is 4.39 Å². The summed E-state index contributed by atoms with van der Waals surface area (Å²) in [6.45, 7) is 6.64. The van der Waals surface area contributed by atoms with Crippen LogP contribution in [0.25, 0.3) is 5.69 Å². The molecule has 7 heteroatoms. The van der Waals surface area contributed by atoms with Gasteiger partial charge in [-0.1, -0.05) is 13.0 Å². The van der Waals surface area contributed by atoms with Crippen molar-refractivity contribution in [2.45, 2.75) is 32.1 Å². The van der Waals surface area contributed by atoms with Crippen molar-refractivity contribution in [1.82, 2.24) is 19.8 Å². The van der Waals surface area contributed by atoms with Crippen LogP contribution in [-0.4, -0.2) is 51.6 Å². The van der Waals surface area contributed by atoms with Crippen LogP contribution in [0, 0.1) is 12.7 Å². The van der Waals surface area contributed by atoms with E-state index < -0.39 is 0 Å². The van der Waals surface area contributed by atoms with Crippen LogP contribution in [0.15, 0.2) is 35.6 Å². The Kier molecular flexibility index (Phi) is 6.19. The second-order valence-corrected chi connectivity index (χ2v) is 7.79. The zero-order valence-electron chi connectivity index (χ0n) is 15.6. The number of aryl methyl sites for hydroxylation is 1. The topological polar surface area (TPSA) is 45.5 Å². The number of benzene rings is 1.